The number of aromatic nitrogens is 2. The molecule has 1 aromatic carbocycles. The third-order valence-corrected chi connectivity index (χ3v) is 5.34. The largest absolute Gasteiger partial charge is 0.350 e. The number of halogens is 1. The molecule has 3 heterocycles. The molecule has 1 N–H and O–H groups in total. The second-order valence-electron chi connectivity index (χ2n) is 7.58. The lowest BCUT2D eigenvalue weighted by atomic mass is 9.96. The minimum Gasteiger partial charge on any atom is -0.350 e. The van der Waals surface area contributed by atoms with E-state index >= 15 is 0 Å². The van der Waals surface area contributed by atoms with Crippen LogP contribution in [0.1, 0.15) is 29.7 Å². The van der Waals surface area contributed by atoms with Gasteiger partial charge in [0.15, 0.2) is 0 Å². The lowest BCUT2D eigenvalue weighted by Gasteiger charge is -2.32. The molecule has 1 atom stereocenters. The number of rotatable bonds is 5. The molecule has 1 aliphatic heterocycles. The molecular weight excluding hydrogens is 355 g/mol. The van der Waals surface area contributed by atoms with Crippen LogP contribution in [0.4, 0.5) is 4.39 Å². The number of carbonyl (C=O) groups is 1. The number of amides is 1. The zero-order valence-corrected chi connectivity index (χ0v) is 16.1. The summed E-state index contributed by atoms with van der Waals surface area (Å²) < 4.78 is 15.4. The first-order valence-corrected chi connectivity index (χ1v) is 9.76. The summed E-state index contributed by atoms with van der Waals surface area (Å²) in [6.07, 6.45) is 5.78. The van der Waals surface area contributed by atoms with Gasteiger partial charge < -0.3 is 9.72 Å². The number of hydrogen-bond acceptors (Lipinski definition) is 3. The van der Waals surface area contributed by atoms with Gasteiger partial charge in [0, 0.05) is 25.5 Å². The number of fused-ring (bicyclic) bond motifs is 1. The van der Waals surface area contributed by atoms with E-state index in [0.29, 0.717) is 19.6 Å². The van der Waals surface area contributed by atoms with Crippen molar-refractivity contribution in [1.29, 1.82) is 0 Å². The van der Waals surface area contributed by atoms with Crippen molar-refractivity contribution in [3.05, 3.63) is 71.4 Å². The molecule has 0 spiro atoms. The van der Waals surface area contributed by atoms with Gasteiger partial charge >= 0.3 is 0 Å². The normalized spacial score (nSPS) is 17.7. The predicted octanol–water partition coefficient (Wildman–Crippen LogP) is 3.31. The van der Waals surface area contributed by atoms with Gasteiger partial charge in [0.05, 0.1) is 18.2 Å². The number of piperidine rings is 1. The first kappa shape index (κ1) is 18.6. The molecule has 2 aromatic heterocycles. The Bertz CT molecular complexity index is 984. The quantitative estimate of drug-likeness (QED) is 0.739. The van der Waals surface area contributed by atoms with Gasteiger partial charge in [-0.1, -0.05) is 18.2 Å². The van der Waals surface area contributed by atoms with E-state index in [1.807, 2.05) is 41.9 Å². The van der Waals surface area contributed by atoms with E-state index in [0.717, 1.165) is 41.9 Å². The van der Waals surface area contributed by atoms with Crippen LogP contribution in [-0.4, -0.2) is 33.3 Å². The SMILES string of the molecule is Cc1cccn2cc(CNC(=O)C3CCCN(Cc4cccc(F)c4)C3)nc12. The summed E-state index contributed by atoms with van der Waals surface area (Å²) in [4.78, 5) is 19.5. The number of likely N-dealkylation sites (tertiary alicyclic amines) is 1. The fraction of sp³-hybridized carbons (Fsp3) is 0.364. The van der Waals surface area contributed by atoms with Gasteiger partial charge in [-0.15, -0.1) is 0 Å². The maximum absolute atomic E-state index is 13.4. The average molecular weight is 380 g/mol. The number of nitrogens with one attached hydrogen (secondary N) is 1. The third-order valence-electron chi connectivity index (χ3n) is 5.34. The van der Waals surface area contributed by atoms with Crippen LogP contribution in [0.5, 0.6) is 0 Å². The van der Waals surface area contributed by atoms with Crippen molar-refractivity contribution in [3.8, 4) is 0 Å². The minimum atomic E-state index is -0.216. The maximum Gasteiger partial charge on any atom is 0.224 e. The number of nitrogens with zero attached hydrogens (tertiary/aromatic N) is 3. The minimum absolute atomic E-state index is 0.0407. The Balaban J connectivity index is 1.34. The van der Waals surface area contributed by atoms with Crippen molar-refractivity contribution in [3.63, 3.8) is 0 Å². The molecule has 146 valence electrons. The zero-order chi connectivity index (χ0) is 19.5. The van der Waals surface area contributed by atoms with Crippen LogP contribution in [-0.2, 0) is 17.9 Å². The van der Waals surface area contributed by atoms with Gasteiger partial charge in [-0.25, -0.2) is 9.37 Å². The molecular formula is C22H25FN4O. The summed E-state index contributed by atoms with van der Waals surface area (Å²) >= 11 is 0. The highest BCUT2D eigenvalue weighted by atomic mass is 19.1. The Kier molecular flexibility index (Phi) is 5.39. The molecule has 3 aromatic rings. The number of imidazole rings is 1. The second kappa shape index (κ2) is 8.10. The van der Waals surface area contributed by atoms with Crippen molar-refractivity contribution in [1.82, 2.24) is 19.6 Å². The summed E-state index contributed by atoms with van der Waals surface area (Å²) in [6.45, 7) is 4.77. The molecule has 0 radical (unpaired) electrons. The predicted molar refractivity (Wildman–Crippen MR) is 106 cm³/mol. The Labute approximate surface area is 164 Å². The van der Waals surface area contributed by atoms with E-state index in [4.69, 9.17) is 0 Å². The molecule has 28 heavy (non-hydrogen) atoms. The zero-order valence-electron chi connectivity index (χ0n) is 16.1. The number of carbonyl (C=O) groups excluding carboxylic acids is 1. The van der Waals surface area contributed by atoms with Crippen molar-refractivity contribution >= 4 is 11.6 Å². The second-order valence-corrected chi connectivity index (χ2v) is 7.58. The summed E-state index contributed by atoms with van der Waals surface area (Å²) in [6, 6.07) is 10.7. The number of pyridine rings is 1. The number of hydrogen-bond donors (Lipinski definition) is 1. The molecule has 0 bridgehead atoms. The Morgan fingerprint density at radius 2 is 2.21 bits per heavy atom. The molecule has 5 nitrogen and oxygen atoms in total. The van der Waals surface area contributed by atoms with Crippen molar-refractivity contribution < 1.29 is 9.18 Å². The van der Waals surface area contributed by atoms with Gasteiger partial charge in [-0.3, -0.25) is 9.69 Å². The fourth-order valence-electron chi connectivity index (χ4n) is 3.92. The highest BCUT2D eigenvalue weighted by molar-refractivity contribution is 5.78. The Morgan fingerprint density at radius 3 is 3.04 bits per heavy atom. The number of benzene rings is 1. The van der Waals surface area contributed by atoms with E-state index in [1.165, 1.54) is 6.07 Å². The van der Waals surface area contributed by atoms with Crippen molar-refractivity contribution in [2.45, 2.75) is 32.9 Å². The first-order chi connectivity index (χ1) is 13.6. The molecule has 1 fully saturated rings. The van der Waals surface area contributed by atoms with E-state index in [1.54, 1.807) is 12.1 Å². The van der Waals surface area contributed by atoms with Crippen LogP contribution in [0.3, 0.4) is 0 Å². The summed E-state index contributed by atoms with van der Waals surface area (Å²) in [5, 5.41) is 3.04. The maximum atomic E-state index is 13.4. The van der Waals surface area contributed by atoms with Crippen molar-refractivity contribution in [2.24, 2.45) is 5.92 Å². The molecule has 0 aliphatic carbocycles. The van der Waals surface area contributed by atoms with E-state index in [9.17, 15) is 9.18 Å². The van der Waals surface area contributed by atoms with Crippen LogP contribution in [0.15, 0.2) is 48.8 Å². The molecule has 6 heteroatoms. The molecule has 0 saturated carbocycles. The lowest BCUT2D eigenvalue weighted by Crippen LogP contribution is -2.42. The topological polar surface area (TPSA) is 49.6 Å². The molecule has 1 amide bonds. The van der Waals surface area contributed by atoms with Crippen LogP contribution in [0, 0.1) is 18.7 Å². The average Bonchev–Trinajstić information content (AvgIpc) is 3.11. The lowest BCUT2D eigenvalue weighted by molar-refractivity contribution is -0.127. The summed E-state index contributed by atoms with van der Waals surface area (Å²) in [5.41, 5.74) is 3.84. The molecule has 4 rings (SSSR count). The molecule has 1 saturated heterocycles. The Hall–Kier alpha value is -2.73. The fourth-order valence-corrected chi connectivity index (χ4v) is 3.92. The number of aryl methyl sites for hydroxylation is 1. The summed E-state index contributed by atoms with van der Waals surface area (Å²) in [7, 11) is 0. The highest BCUT2D eigenvalue weighted by Crippen LogP contribution is 2.19. The summed E-state index contributed by atoms with van der Waals surface area (Å²) in [5.74, 6) is -0.190. The van der Waals surface area contributed by atoms with Gasteiger partial charge in [0.2, 0.25) is 5.91 Å². The molecule has 1 unspecified atom stereocenters. The van der Waals surface area contributed by atoms with E-state index in [-0.39, 0.29) is 17.6 Å². The van der Waals surface area contributed by atoms with Crippen molar-refractivity contribution in [2.75, 3.05) is 13.1 Å². The monoisotopic (exact) mass is 380 g/mol. The van der Waals surface area contributed by atoms with Gasteiger partial charge in [-0.2, -0.15) is 0 Å². The van der Waals surface area contributed by atoms with Crippen LogP contribution in [0.2, 0.25) is 0 Å². The first-order valence-electron chi connectivity index (χ1n) is 9.76. The Morgan fingerprint density at radius 1 is 1.32 bits per heavy atom. The smallest absolute Gasteiger partial charge is 0.224 e. The van der Waals surface area contributed by atoms with E-state index in [2.05, 4.69) is 15.2 Å². The van der Waals surface area contributed by atoms with Crippen LogP contribution in [0.25, 0.3) is 5.65 Å². The highest BCUT2D eigenvalue weighted by Gasteiger charge is 2.25. The van der Waals surface area contributed by atoms with Gasteiger partial charge in [0.1, 0.15) is 11.5 Å². The van der Waals surface area contributed by atoms with Gasteiger partial charge in [0.25, 0.3) is 0 Å². The third kappa shape index (κ3) is 4.22. The van der Waals surface area contributed by atoms with Crippen LogP contribution >= 0.6 is 0 Å². The van der Waals surface area contributed by atoms with Gasteiger partial charge in [-0.05, 0) is 55.6 Å². The van der Waals surface area contributed by atoms with Crippen LogP contribution < -0.4 is 5.32 Å². The van der Waals surface area contributed by atoms with E-state index < -0.39 is 0 Å². The molecule has 1 aliphatic rings. The standard InChI is InChI=1S/C22H25FN4O/c1-16-5-3-10-27-15-20(25-21(16)27)12-24-22(28)18-7-4-9-26(14-18)13-17-6-2-8-19(23)11-17/h2-3,5-6,8,10-11,15,18H,4,7,9,12-14H2,1H3,(H,24,28).